The second-order valence-corrected chi connectivity index (χ2v) is 5.83. The van der Waals surface area contributed by atoms with Crippen molar-refractivity contribution in [2.45, 2.75) is 20.4 Å². The number of aryl methyl sites for hydroxylation is 1. The maximum atomic E-state index is 12.5. The van der Waals surface area contributed by atoms with E-state index in [0.717, 1.165) is 22.3 Å². The third-order valence-corrected chi connectivity index (χ3v) is 4.19. The average molecular weight is 344 g/mol. The van der Waals surface area contributed by atoms with Crippen LogP contribution in [0.2, 0.25) is 5.02 Å². The molecule has 0 saturated carbocycles. The van der Waals surface area contributed by atoms with Gasteiger partial charge in [-0.15, -0.1) is 0 Å². The first-order valence-corrected chi connectivity index (χ1v) is 8.15. The summed E-state index contributed by atoms with van der Waals surface area (Å²) in [6.07, 6.45) is 0. The summed E-state index contributed by atoms with van der Waals surface area (Å²) < 4.78 is 11.2. The van der Waals surface area contributed by atoms with Crippen LogP contribution < -0.4 is 10.1 Å². The number of furan rings is 1. The van der Waals surface area contributed by atoms with E-state index in [4.69, 9.17) is 20.8 Å². The van der Waals surface area contributed by atoms with Crippen molar-refractivity contribution < 1.29 is 13.9 Å². The van der Waals surface area contributed by atoms with E-state index in [2.05, 4.69) is 5.32 Å². The van der Waals surface area contributed by atoms with E-state index in [0.29, 0.717) is 29.5 Å². The Labute approximate surface area is 145 Å². The molecule has 0 aliphatic carbocycles. The maximum absolute atomic E-state index is 12.5. The molecular formula is C19H18ClNO3. The number of nitrogens with one attached hydrogen (secondary N) is 1. The number of carbonyl (C=O) groups excluding carboxylic acids is 1. The Kier molecular flexibility index (Phi) is 4.76. The highest BCUT2D eigenvalue weighted by Gasteiger charge is 2.18. The van der Waals surface area contributed by atoms with Gasteiger partial charge in [0.15, 0.2) is 5.76 Å². The first-order chi connectivity index (χ1) is 11.6. The van der Waals surface area contributed by atoms with Crippen LogP contribution in [0.3, 0.4) is 0 Å². The van der Waals surface area contributed by atoms with Crippen molar-refractivity contribution in [1.82, 2.24) is 5.32 Å². The number of carbonyl (C=O) groups is 1. The van der Waals surface area contributed by atoms with Crippen LogP contribution in [0.1, 0.15) is 28.6 Å². The molecule has 0 saturated heterocycles. The van der Waals surface area contributed by atoms with Gasteiger partial charge in [0.2, 0.25) is 0 Å². The quantitative estimate of drug-likeness (QED) is 0.729. The maximum Gasteiger partial charge on any atom is 0.287 e. The molecule has 0 fully saturated rings. The fraction of sp³-hybridized carbons (Fsp3) is 0.211. The first-order valence-electron chi connectivity index (χ1n) is 7.77. The highest BCUT2D eigenvalue weighted by molar-refractivity contribution is 6.31. The molecule has 3 rings (SSSR count). The molecule has 124 valence electrons. The van der Waals surface area contributed by atoms with Crippen molar-refractivity contribution in [2.75, 3.05) is 6.61 Å². The summed E-state index contributed by atoms with van der Waals surface area (Å²) in [5.74, 6) is 0.809. The topological polar surface area (TPSA) is 51.5 Å². The lowest BCUT2D eigenvalue weighted by Gasteiger charge is -2.05. The van der Waals surface area contributed by atoms with E-state index in [1.54, 1.807) is 6.07 Å². The zero-order chi connectivity index (χ0) is 17.1. The number of hydrogen-bond acceptors (Lipinski definition) is 3. The van der Waals surface area contributed by atoms with Gasteiger partial charge in [0, 0.05) is 22.5 Å². The van der Waals surface area contributed by atoms with Crippen molar-refractivity contribution >= 4 is 28.5 Å². The smallest absolute Gasteiger partial charge is 0.287 e. The molecule has 3 aromatic rings. The van der Waals surface area contributed by atoms with Gasteiger partial charge < -0.3 is 14.5 Å². The third kappa shape index (κ3) is 3.24. The van der Waals surface area contributed by atoms with Gasteiger partial charge in [-0.05, 0) is 43.7 Å². The summed E-state index contributed by atoms with van der Waals surface area (Å²) in [5.41, 5.74) is 2.32. The SMILES string of the molecule is CCOc1ccc2oc(C(=O)NCc3ccccc3Cl)c(C)c2c1. The van der Waals surface area contributed by atoms with Crippen LogP contribution >= 0.6 is 11.6 Å². The van der Waals surface area contributed by atoms with E-state index in [1.165, 1.54) is 0 Å². The average Bonchev–Trinajstić information content (AvgIpc) is 2.91. The van der Waals surface area contributed by atoms with Crippen LogP contribution in [0.15, 0.2) is 46.9 Å². The minimum atomic E-state index is -0.262. The summed E-state index contributed by atoms with van der Waals surface area (Å²) in [5, 5.41) is 4.35. The molecule has 1 amide bonds. The standard InChI is InChI=1S/C19H18ClNO3/c1-3-23-14-8-9-17-15(10-14)12(2)18(24-17)19(22)21-11-13-6-4-5-7-16(13)20/h4-10H,3,11H2,1-2H3,(H,21,22). The summed E-state index contributed by atoms with van der Waals surface area (Å²) >= 11 is 6.11. The highest BCUT2D eigenvalue weighted by Crippen LogP contribution is 2.29. The Morgan fingerprint density at radius 1 is 1.25 bits per heavy atom. The fourth-order valence-electron chi connectivity index (χ4n) is 2.57. The molecule has 2 aromatic carbocycles. The Morgan fingerprint density at radius 3 is 2.79 bits per heavy atom. The van der Waals surface area contributed by atoms with Crippen LogP contribution in [-0.2, 0) is 6.54 Å². The molecule has 1 N–H and O–H groups in total. The van der Waals surface area contributed by atoms with Crippen LogP contribution in [0, 0.1) is 6.92 Å². The van der Waals surface area contributed by atoms with Gasteiger partial charge in [-0.2, -0.15) is 0 Å². The fourth-order valence-corrected chi connectivity index (χ4v) is 2.77. The summed E-state index contributed by atoms with van der Waals surface area (Å²) in [6.45, 7) is 4.73. The Hall–Kier alpha value is -2.46. The lowest BCUT2D eigenvalue weighted by Crippen LogP contribution is -2.23. The number of benzene rings is 2. The Morgan fingerprint density at radius 2 is 2.04 bits per heavy atom. The van der Waals surface area contributed by atoms with Gasteiger partial charge in [-0.25, -0.2) is 0 Å². The molecule has 0 atom stereocenters. The van der Waals surface area contributed by atoms with Crippen molar-refractivity contribution in [3.8, 4) is 5.75 Å². The van der Waals surface area contributed by atoms with Crippen LogP contribution in [-0.4, -0.2) is 12.5 Å². The van der Waals surface area contributed by atoms with Gasteiger partial charge >= 0.3 is 0 Å². The predicted molar refractivity (Wildman–Crippen MR) is 94.7 cm³/mol. The van der Waals surface area contributed by atoms with E-state index < -0.39 is 0 Å². The third-order valence-electron chi connectivity index (χ3n) is 3.82. The largest absolute Gasteiger partial charge is 0.494 e. The van der Waals surface area contributed by atoms with Crippen LogP contribution in [0.4, 0.5) is 0 Å². The molecule has 1 heterocycles. The van der Waals surface area contributed by atoms with Gasteiger partial charge in [0.05, 0.1) is 6.61 Å². The van der Waals surface area contributed by atoms with Crippen molar-refractivity contribution in [2.24, 2.45) is 0 Å². The Bertz CT molecular complexity index is 885. The molecule has 0 aliphatic rings. The van der Waals surface area contributed by atoms with Crippen molar-refractivity contribution in [3.05, 3.63) is 64.4 Å². The summed E-state index contributed by atoms with van der Waals surface area (Å²) in [4.78, 5) is 12.5. The lowest BCUT2D eigenvalue weighted by molar-refractivity contribution is 0.0924. The summed E-state index contributed by atoms with van der Waals surface area (Å²) in [6, 6.07) is 13.0. The molecular weight excluding hydrogens is 326 g/mol. The zero-order valence-electron chi connectivity index (χ0n) is 13.6. The number of fused-ring (bicyclic) bond motifs is 1. The first kappa shape index (κ1) is 16.4. The van der Waals surface area contributed by atoms with Crippen molar-refractivity contribution in [3.63, 3.8) is 0 Å². The zero-order valence-corrected chi connectivity index (χ0v) is 14.3. The van der Waals surface area contributed by atoms with E-state index in [1.807, 2.05) is 50.2 Å². The Balaban J connectivity index is 1.82. The normalized spacial score (nSPS) is 10.8. The minimum absolute atomic E-state index is 0.262. The van der Waals surface area contributed by atoms with Gasteiger partial charge in [0.1, 0.15) is 11.3 Å². The van der Waals surface area contributed by atoms with E-state index in [9.17, 15) is 4.79 Å². The predicted octanol–water partition coefficient (Wildman–Crippen LogP) is 4.72. The molecule has 1 aromatic heterocycles. The minimum Gasteiger partial charge on any atom is -0.494 e. The van der Waals surface area contributed by atoms with Crippen LogP contribution in [0.25, 0.3) is 11.0 Å². The highest BCUT2D eigenvalue weighted by atomic mass is 35.5. The van der Waals surface area contributed by atoms with Gasteiger partial charge in [-0.1, -0.05) is 29.8 Å². The number of hydrogen-bond donors (Lipinski definition) is 1. The van der Waals surface area contributed by atoms with Crippen LogP contribution in [0.5, 0.6) is 5.75 Å². The second kappa shape index (κ2) is 6.97. The molecule has 0 radical (unpaired) electrons. The second-order valence-electron chi connectivity index (χ2n) is 5.42. The van der Waals surface area contributed by atoms with Gasteiger partial charge in [-0.3, -0.25) is 4.79 Å². The number of amides is 1. The van der Waals surface area contributed by atoms with Crippen molar-refractivity contribution in [1.29, 1.82) is 0 Å². The van der Waals surface area contributed by atoms with E-state index >= 15 is 0 Å². The number of ether oxygens (including phenoxy) is 1. The number of rotatable bonds is 5. The molecule has 5 heteroatoms. The summed E-state index contributed by atoms with van der Waals surface area (Å²) in [7, 11) is 0. The molecule has 0 bridgehead atoms. The molecule has 24 heavy (non-hydrogen) atoms. The lowest BCUT2D eigenvalue weighted by atomic mass is 10.1. The number of halogens is 1. The van der Waals surface area contributed by atoms with E-state index in [-0.39, 0.29) is 5.91 Å². The molecule has 0 spiro atoms. The van der Waals surface area contributed by atoms with Gasteiger partial charge in [0.25, 0.3) is 5.91 Å². The molecule has 0 aliphatic heterocycles. The molecule has 4 nitrogen and oxygen atoms in total. The monoisotopic (exact) mass is 343 g/mol. The molecule has 0 unspecified atom stereocenters.